The first-order valence-electron chi connectivity index (χ1n) is 5.72. The smallest absolute Gasteiger partial charge is 0.241 e. The van der Waals surface area contributed by atoms with Crippen molar-refractivity contribution in [3.63, 3.8) is 0 Å². The van der Waals surface area contributed by atoms with E-state index in [0.29, 0.717) is 0 Å². The Bertz CT molecular complexity index is 421. The number of pyridine rings is 1. The first kappa shape index (κ1) is 13.6. The highest BCUT2D eigenvalue weighted by molar-refractivity contribution is 5.95. The van der Waals surface area contributed by atoms with E-state index in [1.54, 1.807) is 0 Å². The van der Waals surface area contributed by atoms with Crippen LogP contribution in [-0.2, 0) is 4.79 Å². The molecule has 0 saturated carbocycles. The van der Waals surface area contributed by atoms with E-state index in [9.17, 15) is 4.79 Å². The van der Waals surface area contributed by atoms with E-state index < -0.39 is 6.04 Å². The molecule has 3 N–H and O–H groups in total. The largest absolute Gasteiger partial charge is 0.323 e. The normalized spacial score (nSPS) is 13.3. The molecule has 0 aliphatic rings. The maximum atomic E-state index is 11.9. The van der Waals surface area contributed by atoms with Gasteiger partial charge in [-0.15, -0.1) is 0 Å². The topological polar surface area (TPSA) is 68.0 Å². The lowest BCUT2D eigenvalue weighted by molar-refractivity contribution is -0.119. The molecule has 17 heavy (non-hydrogen) atoms. The second kappa shape index (κ2) is 4.84. The number of aromatic nitrogens is 1. The van der Waals surface area contributed by atoms with Gasteiger partial charge in [-0.3, -0.25) is 9.78 Å². The Labute approximate surface area is 103 Å². The maximum absolute atomic E-state index is 11.9. The molecule has 1 aromatic rings. The van der Waals surface area contributed by atoms with Gasteiger partial charge in [-0.25, -0.2) is 0 Å². The SMILES string of the molecule is Cc1ccc(NC(=O)C(N)C(C)(C)C)c(C)n1. The fourth-order valence-electron chi connectivity index (χ4n) is 1.42. The zero-order valence-electron chi connectivity index (χ0n) is 11.2. The molecule has 1 unspecified atom stereocenters. The Hall–Kier alpha value is -1.42. The molecule has 94 valence electrons. The number of carbonyl (C=O) groups excluding carboxylic acids is 1. The fourth-order valence-corrected chi connectivity index (χ4v) is 1.42. The highest BCUT2D eigenvalue weighted by Crippen LogP contribution is 2.20. The van der Waals surface area contributed by atoms with Gasteiger partial charge < -0.3 is 11.1 Å². The number of aryl methyl sites for hydroxylation is 2. The van der Waals surface area contributed by atoms with E-state index >= 15 is 0 Å². The van der Waals surface area contributed by atoms with Crippen molar-refractivity contribution >= 4 is 11.6 Å². The average Bonchev–Trinajstić information content (AvgIpc) is 2.19. The molecule has 1 heterocycles. The molecule has 4 heteroatoms. The molecular weight excluding hydrogens is 214 g/mol. The Morgan fingerprint density at radius 3 is 2.41 bits per heavy atom. The molecule has 0 fully saturated rings. The van der Waals surface area contributed by atoms with Gasteiger partial charge >= 0.3 is 0 Å². The van der Waals surface area contributed by atoms with E-state index in [1.165, 1.54) is 0 Å². The summed E-state index contributed by atoms with van der Waals surface area (Å²) in [5.41, 5.74) is 8.09. The van der Waals surface area contributed by atoms with Gasteiger partial charge in [0.25, 0.3) is 0 Å². The molecular formula is C13H21N3O. The van der Waals surface area contributed by atoms with Crippen LogP contribution < -0.4 is 11.1 Å². The number of hydrogen-bond acceptors (Lipinski definition) is 3. The number of nitrogens with one attached hydrogen (secondary N) is 1. The van der Waals surface area contributed by atoms with Crippen LogP contribution in [0.5, 0.6) is 0 Å². The van der Waals surface area contributed by atoms with E-state index in [1.807, 2.05) is 46.8 Å². The monoisotopic (exact) mass is 235 g/mol. The predicted molar refractivity (Wildman–Crippen MR) is 69.8 cm³/mol. The Morgan fingerprint density at radius 2 is 1.94 bits per heavy atom. The van der Waals surface area contributed by atoms with Crippen molar-refractivity contribution in [1.29, 1.82) is 0 Å². The van der Waals surface area contributed by atoms with Gasteiger partial charge in [0.1, 0.15) is 0 Å². The van der Waals surface area contributed by atoms with Crippen LogP contribution in [0, 0.1) is 19.3 Å². The van der Waals surface area contributed by atoms with E-state index in [4.69, 9.17) is 5.73 Å². The molecule has 0 spiro atoms. The molecule has 0 aliphatic heterocycles. The zero-order chi connectivity index (χ0) is 13.2. The average molecular weight is 235 g/mol. The summed E-state index contributed by atoms with van der Waals surface area (Å²) in [6, 6.07) is 3.18. The molecule has 0 saturated heterocycles. The van der Waals surface area contributed by atoms with Crippen LogP contribution in [0.1, 0.15) is 32.2 Å². The predicted octanol–water partition coefficient (Wildman–Crippen LogP) is 2.01. The molecule has 1 aromatic heterocycles. The summed E-state index contributed by atoms with van der Waals surface area (Å²) in [6.07, 6.45) is 0. The summed E-state index contributed by atoms with van der Waals surface area (Å²) in [5.74, 6) is -0.175. The van der Waals surface area contributed by atoms with E-state index in [2.05, 4.69) is 10.3 Å². The summed E-state index contributed by atoms with van der Waals surface area (Å²) >= 11 is 0. The lowest BCUT2D eigenvalue weighted by Crippen LogP contribution is -2.45. The lowest BCUT2D eigenvalue weighted by atomic mass is 9.87. The number of anilines is 1. The van der Waals surface area contributed by atoms with Gasteiger partial charge in [0.05, 0.1) is 17.4 Å². The van der Waals surface area contributed by atoms with Crippen molar-refractivity contribution in [2.75, 3.05) is 5.32 Å². The summed E-state index contributed by atoms with van der Waals surface area (Å²) in [4.78, 5) is 16.2. The third kappa shape index (κ3) is 3.53. The Kier molecular flexibility index (Phi) is 3.88. The van der Waals surface area contributed by atoms with Gasteiger partial charge in [0, 0.05) is 5.69 Å². The van der Waals surface area contributed by atoms with Gasteiger partial charge in [0.15, 0.2) is 0 Å². The number of rotatable bonds is 2. The van der Waals surface area contributed by atoms with Crippen LogP contribution >= 0.6 is 0 Å². The van der Waals surface area contributed by atoms with Crippen LogP contribution in [0.2, 0.25) is 0 Å². The van der Waals surface area contributed by atoms with Gasteiger partial charge in [0.2, 0.25) is 5.91 Å². The van der Waals surface area contributed by atoms with Crippen molar-refractivity contribution in [3.05, 3.63) is 23.5 Å². The summed E-state index contributed by atoms with van der Waals surface area (Å²) in [5, 5.41) is 2.82. The number of nitrogens with zero attached hydrogens (tertiary/aromatic N) is 1. The minimum atomic E-state index is -0.539. The number of nitrogens with two attached hydrogens (primary N) is 1. The van der Waals surface area contributed by atoms with E-state index in [0.717, 1.165) is 17.1 Å². The van der Waals surface area contributed by atoms with Crippen LogP contribution in [0.25, 0.3) is 0 Å². The van der Waals surface area contributed by atoms with Crippen molar-refractivity contribution in [3.8, 4) is 0 Å². The molecule has 0 bridgehead atoms. The molecule has 1 amide bonds. The molecule has 4 nitrogen and oxygen atoms in total. The lowest BCUT2D eigenvalue weighted by Gasteiger charge is -2.26. The Morgan fingerprint density at radius 1 is 1.35 bits per heavy atom. The van der Waals surface area contributed by atoms with E-state index in [-0.39, 0.29) is 11.3 Å². The number of amides is 1. The number of hydrogen-bond donors (Lipinski definition) is 2. The maximum Gasteiger partial charge on any atom is 0.241 e. The molecule has 1 rings (SSSR count). The molecule has 0 aliphatic carbocycles. The van der Waals surface area contributed by atoms with Crippen LogP contribution in [-0.4, -0.2) is 16.9 Å². The third-order valence-corrected chi connectivity index (χ3v) is 2.70. The minimum absolute atomic E-state index is 0.175. The quantitative estimate of drug-likeness (QED) is 0.824. The Balaban J connectivity index is 2.82. The van der Waals surface area contributed by atoms with Gasteiger partial charge in [-0.2, -0.15) is 0 Å². The van der Waals surface area contributed by atoms with Crippen molar-refractivity contribution in [1.82, 2.24) is 4.98 Å². The first-order valence-corrected chi connectivity index (χ1v) is 5.72. The third-order valence-electron chi connectivity index (χ3n) is 2.70. The molecule has 0 radical (unpaired) electrons. The fraction of sp³-hybridized carbons (Fsp3) is 0.538. The molecule has 0 aromatic carbocycles. The van der Waals surface area contributed by atoms with Crippen molar-refractivity contribution < 1.29 is 4.79 Å². The van der Waals surface area contributed by atoms with Crippen LogP contribution in [0.4, 0.5) is 5.69 Å². The second-order valence-electron chi connectivity index (χ2n) is 5.42. The van der Waals surface area contributed by atoms with Crippen molar-refractivity contribution in [2.24, 2.45) is 11.1 Å². The van der Waals surface area contributed by atoms with Crippen molar-refractivity contribution in [2.45, 2.75) is 40.7 Å². The standard InChI is InChI=1S/C13H21N3O/c1-8-6-7-10(9(2)15-8)16-12(17)11(14)13(3,4)5/h6-7,11H,14H2,1-5H3,(H,16,17). The van der Waals surface area contributed by atoms with Gasteiger partial charge in [-0.05, 0) is 31.4 Å². The van der Waals surface area contributed by atoms with Crippen LogP contribution in [0.15, 0.2) is 12.1 Å². The summed E-state index contributed by atoms with van der Waals surface area (Å²) < 4.78 is 0. The number of carbonyl (C=O) groups is 1. The molecule has 1 atom stereocenters. The summed E-state index contributed by atoms with van der Waals surface area (Å²) in [6.45, 7) is 9.61. The second-order valence-corrected chi connectivity index (χ2v) is 5.42. The van der Waals surface area contributed by atoms with Crippen LogP contribution in [0.3, 0.4) is 0 Å². The summed E-state index contributed by atoms with van der Waals surface area (Å²) in [7, 11) is 0. The highest BCUT2D eigenvalue weighted by Gasteiger charge is 2.27. The van der Waals surface area contributed by atoms with Gasteiger partial charge in [-0.1, -0.05) is 20.8 Å². The zero-order valence-corrected chi connectivity index (χ0v) is 11.2. The first-order chi connectivity index (χ1) is 7.71. The minimum Gasteiger partial charge on any atom is -0.323 e. The highest BCUT2D eigenvalue weighted by atomic mass is 16.2.